The molecule has 1 N–H and O–H groups in total. The van der Waals surface area contributed by atoms with Gasteiger partial charge in [0.1, 0.15) is 0 Å². The molecule has 7 nitrogen and oxygen atoms in total. The summed E-state index contributed by atoms with van der Waals surface area (Å²) in [6.45, 7) is 6.69. The first-order valence-corrected chi connectivity index (χ1v) is 11.1. The molecule has 3 aliphatic rings. The molecule has 3 fully saturated rings. The third kappa shape index (κ3) is 5.11. The third-order valence-electron chi connectivity index (χ3n) is 6.75. The van der Waals surface area contributed by atoms with Gasteiger partial charge in [-0.15, -0.1) is 0 Å². The summed E-state index contributed by atoms with van der Waals surface area (Å²) in [6.07, 6.45) is 9.38. The molecule has 28 heavy (non-hydrogen) atoms. The molecule has 0 aromatic carbocycles. The number of aromatic nitrogens is 2. The number of aryl methyl sites for hydroxylation is 1. The van der Waals surface area contributed by atoms with Crippen molar-refractivity contribution in [3.05, 3.63) is 11.7 Å². The van der Waals surface area contributed by atoms with Crippen LogP contribution < -0.4 is 5.32 Å². The summed E-state index contributed by atoms with van der Waals surface area (Å²) in [7, 11) is 0. The molecular formula is C21H34N4O3. The van der Waals surface area contributed by atoms with Crippen molar-refractivity contribution in [1.82, 2.24) is 20.4 Å². The third-order valence-corrected chi connectivity index (χ3v) is 6.75. The van der Waals surface area contributed by atoms with Gasteiger partial charge in [0, 0.05) is 38.9 Å². The molecule has 1 aromatic heterocycles. The van der Waals surface area contributed by atoms with Crippen molar-refractivity contribution in [2.75, 3.05) is 32.8 Å². The van der Waals surface area contributed by atoms with E-state index < -0.39 is 0 Å². The van der Waals surface area contributed by atoms with Gasteiger partial charge in [-0.05, 0) is 37.6 Å². The van der Waals surface area contributed by atoms with Crippen LogP contribution in [-0.2, 0) is 16.0 Å². The maximum absolute atomic E-state index is 12.3. The highest BCUT2D eigenvalue weighted by Gasteiger charge is 2.41. The fraction of sp³-hybridized carbons (Fsp3) is 0.857. The van der Waals surface area contributed by atoms with Gasteiger partial charge in [-0.3, -0.25) is 4.79 Å². The van der Waals surface area contributed by atoms with Crippen molar-refractivity contribution in [2.45, 2.75) is 64.4 Å². The van der Waals surface area contributed by atoms with E-state index in [-0.39, 0.29) is 12.0 Å². The van der Waals surface area contributed by atoms with Crippen LogP contribution in [0.5, 0.6) is 0 Å². The fourth-order valence-corrected chi connectivity index (χ4v) is 5.28. The number of nitrogens with one attached hydrogen (secondary N) is 1. The molecular weight excluding hydrogens is 356 g/mol. The van der Waals surface area contributed by atoms with Gasteiger partial charge >= 0.3 is 0 Å². The molecule has 2 saturated heterocycles. The minimum Gasteiger partial charge on any atom is -0.377 e. The highest BCUT2D eigenvalue weighted by molar-refractivity contribution is 5.76. The predicted octanol–water partition coefficient (Wildman–Crippen LogP) is 2.34. The molecule has 4 rings (SSSR count). The molecule has 2 aliphatic heterocycles. The second-order valence-electron chi connectivity index (χ2n) is 8.88. The fourth-order valence-electron chi connectivity index (χ4n) is 5.28. The molecule has 1 aromatic rings. The zero-order valence-electron chi connectivity index (χ0n) is 17.1. The van der Waals surface area contributed by atoms with Crippen LogP contribution in [0.3, 0.4) is 0 Å². The number of piperidine rings is 1. The number of ether oxygens (including phenoxy) is 1. The summed E-state index contributed by atoms with van der Waals surface area (Å²) in [4.78, 5) is 19.1. The van der Waals surface area contributed by atoms with Gasteiger partial charge in [0.25, 0.3) is 0 Å². The Morgan fingerprint density at radius 2 is 2.11 bits per heavy atom. The number of nitrogens with zero attached hydrogens (tertiary/aromatic N) is 3. The van der Waals surface area contributed by atoms with Gasteiger partial charge < -0.3 is 19.5 Å². The van der Waals surface area contributed by atoms with Crippen molar-refractivity contribution in [1.29, 1.82) is 0 Å². The molecule has 156 valence electrons. The van der Waals surface area contributed by atoms with E-state index in [1.165, 1.54) is 38.6 Å². The smallest absolute Gasteiger partial charge is 0.223 e. The lowest BCUT2D eigenvalue weighted by Crippen LogP contribution is -2.44. The molecule has 3 heterocycles. The van der Waals surface area contributed by atoms with Crippen LogP contribution in [0.4, 0.5) is 0 Å². The largest absolute Gasteiger partial charge is 0.377 e. The molecule has 1 aliphatic carbocycles. The zero-order chi connectivity index (χ0) is 19.3. The molecule has 1 amide bonds. The van der Waals surface area contributed by atoms with E-state index in [4.69, 9.17) is 9.26 Å². The lowest BCUT2D eigenvalue weighted by molar-refractivity contribution is -0.123. The Labute approximate surface area is 167 Å². The quantitative estimate of drug-likeness (QED) is 0.770. The normalized spacial score (nSPS) is 29.0. The Morgan fingerprint density at radius 3 is 2.89 bits per heavy atom. The van der Waals surface area contributed by atoms with Crippen molar-refractivity contribution in [3.63, 3.8) is 0 Å². The minimum absolute atomic E-state index is 0.0653. The standard InChI is InChI=1S/C21H34N4O3/c1-15-23-20(24-28-15)7-9-22-21(26)11-19-18-8-10-25(13-17(18)14-27-19)12-16-5-3-2-4-6-16/h16-19H,2-14H2,1H3,(H,22,26)/t17-,18-,19+/m1/s1. The molecule has 1 saturated carbocycles. The molecule has 0 radical (unpaired) electrons. The average molecular weight is 391 g/mol. The van der Waals surface area contributed by atoms with Crippen molar-refractivity contribution in [3.8, 4) is 0 Å². The average Bonchev–Trinajstić information content (AvgIpc) is 3.28. The first-order valence-electron chi connectivity index (χ1n) is 11.1. The Bertz CT molecular complexity index is 643. The zero-order valence-corrected chi connectivity index (χ0v) is 17.1. The Kier molecular flexibility index (Phi) is 6.62. The van der Waals surface area contributed by atoms with E-state index in [0.29, 0.717) is 42.9 Å². The number of carbonyl (C=O) groups is 1. The predicted molar refractivity (Wildman–Crippen MR) is 105 cm³/mol. The first-order chi connectivity index (χ1) is 13.7. The van der Waals surface area contributed by atoms with Gasteiger partial charge in [-0.2, -0.15) is 4.98 Å². The molecule has 7 heteroatoms. The van der Waals surface area contributed by atoms with Gasteiger partial charge in [0.2, 0.25) is 11.8 Å². The first kappa shape index (κ1) is 19.8. The minimum atomic E-state index is 0.0653. The lowest BCUT2D eigenvalue weighted by atomic mass is 9.82. The van der Waals surface area contributed by atoms with Crippen LogP contribution in [0.15, 0.2) is 4.52 Å². The number of rotatable bonds is 7. The van der Waals surface area contributed by atoms with Crippen LogP contribution in [0, 0.1) is 24.7 Å². The Balaban J connectivity index is 1.17. The Hall–Kier alpha value is -1.47. The highest BCUT2D eigenvalue weighted by atomic mass is 16.5. The van der Waals surface area contributed by atoms with Crippen LogP contribution in [0.25, 0.3) is 0 Å². The van der Waals surface area contributed by atoms with Crippen molar-refractivity contribution < 1.29 is 14.1 Å². The maximum atomic E-state index is 12.3. The number of hydrogen-bond donors (Lipinski definition) is 1. The summed E-state index contributed by atoms with van der Waals surface area (Å²) in [5.74, 6) is 3.29. The van der Waals surface area contributed by atoms with Crippen molar-refractivity contribution >= 4 is 5.91 Å². The molecule has 3 atom stereocenters. The number of amides is 1. The van der Waals surface area contributed by atoms with E-state index in [1.807, 2.05) is 0 Å². The summed E-state index contributed by atoms with van der Waals surface area (Å²) in [6, 6.07) is 0. The van der Waals surface area contributed by atoms with Gasteiger partial charge in [0.05, 0.1) is 19.1 Å². The number of carbonyl (C=O) groups excluding carboxylic acids is 1. The van der Waals surface area contributed by atoms with E-state index in [1.54, 1.807) is 6.92 Å². The van der Waals surface area contributed by atoms with E-state index in [0.717, 1.165) is 32.0 Å². The second kappa shape index (κ2) is 9.35. The SMILES string of the molecule is Cc1nc(CCNC(=O)C[C@@H]2OC[C@H]3CN(CC4CCCCC4)CC[C@H]32)no1. The summed E-state index contributed by atoms with van der Waals surface area (Å²) in [5.41, 5.74) is 0. The lowest BCUT2D eigenvalue weighted by Gasteiger charge is -2.38. The van der Waals surface area contributed by atoms with E-state index in [9.17, 15) is 4.79 Å². The van der Waals surface area contributed by atoms with E-state index >= 15 is 0 Å². The van der Waals surface area contributed by atoms with Crippen LogP contribution in [0.2, 0.25) is 0 Å². The van der Waals surface area contributed by atoms with Crippen LogP contribution >= 0.6 is 0 Å². The van der Waals surface area contributed by atoms with Crippen LogP contribution in [0.1, 0.15) is 56.7 Å². The Morgan fingerprint density at radius 1 is 1.25 bits per heavy atom. The summed E-state index contributed by atoms with van der Waals surface area (Å²) >= 11 is 0. The second-order valence-corrected chi connectivity index (χ2v) is 8.88. The summed E-state index contributed by atoms with van der Waals surface area (Å²) < 4.78 is 11.0. The van der Waals surface area contributed by atoms with Crippen LogP contribution in [-0.4, -0.2) is 59.8 Å². The van der Waals surface area contributed by atoms with Gasteiger partial charge in [-0.1, -0.05) is 24.4 Å². The molecule has 0 unspecified atom stereocenters. The monoisotopic (exact) mass is 390 g/mol. The van der Waals surface area contributed by atoms with Gasteiger partial charge in [-0.25, -0.2) is 0 Å². The van der Waals surface area contributed by atoms with Gasteiger partial charge in [0.15, 0.2) is 5.82 Å². The number of likely N-dealkylation sites (tertiary alicyclic amines) is 1. The molecule has 0 bridgehead atoms. The summed E-state index contributed by atoms with van der Waals surface area (Å²) in [5, 5.41) is 6.83. The number of hydrogen-bond acceptors (Lipinski definition) is 6. The maximum Gasteiger partial charge on any atom is 0.223 e. The molecule has 0 spiro atoms. The van der Waals surface area contributed by atoms with Crippen molar-refractivity contribution in [2.24, 2.45) is 17.8 Å². The number of fused-ring (bicyclic) bond motifs is 1. The van der Waals surface area contributed by atoms with E-state index in [2.05, 4.69) is 20.4 Å². The highest BCUT2D eigenvalue weighted by Crippen LogP contribution is 2.36. The topological polar surface area (TPSA) is 80.5 Å².